The van der Waals surface area contributed by atoms with Crippen molar-refractivity contribution in [3.8, 4) is 0 Å². The van der Waals surface area contributed by atoms with Crippen LogP contribution in [0.3, 0.4) is 0 Å². The largest absolute Gasteiger partial charge is 0.344 e. The number of benzene rings is 1. The number of carbonyl (C=O) groups is 1. The van der Waals surface area contributed by atoms with Gasteiger partial charge in [-0.05, 0) is 18.1 Å². The van der Waals surface area contributed by atoms with Crippen LogP contribution in [-0.2, 0) is 17.6 Å². The van der Waals surface area contributed by atoms with E-state index in [1.54, 1.807) is 6.92 Å². The SMILES string of the molecule is CCc1cnc([C@H]2Cc3ccccc3N2C(C)=O)[nH]1. The fourth-order valence-corrected chi connectivity index (χ4v) is 2.72. The highest BCUT2D eigenvalue weighted by Gasteiger charge is 2.34. The second-order valence-corrected chi connectivity index (χ2v) is 4.88. The molecule has 1 N–H and O–H groups in total. The summed E-state index contributed by atoms with van der Waals surface area (Å²) in [7, 11) is 0. The van der Waals surface area contributed by atoms with E-state index in [2.05, 4.69) is 23.0 Å². The van der Waals surface area contributed by atoms with Gasteiger partial charge in [0, 0.05) is 30.9 Å². The van der Waals surface area contributed by atoms with Crippen LogP contribution in [0, 0.1) is 0 Å². The molecule has 0 fully saturated rings. The molecule has 0 spiro atoms. The zero-order chi connectivity index (χ0) is 13.4. The van der Waals surface area contributed by atoms with Crippen molar-refractivity contribution in [2.24, 2.45) is 0 Å². The van der Waals surface area contributed by atoms with E-state index in [0.29, 0.717) is 0 Å². The minimum absolute atomic E-state index is 0.00444. The molecule has 1 aliphatic heterocycles. The number of rotatable bonds is 2. The van der Waals surface area contributed by atoms with E-state index in [4.69, 9.17) is 0 Å². The van der Waals surface area contributed by atoms with Crippen LogP contribution in [-0.4, -0.2) is 15.9 Å². The normalized spacial score (nSPS) is 17.6. The van der Waals surface area contributed by atoms with Gasteiger partial charge < -0.3 is 9.88 Å². The summed E-state index contributed by atoms with van der Waals surface area (Å²) in [5.41, 5.74) is 3.32. The summed E-state index contributed by atoms with van der Waals surface area (Å²) in [6.45, 7) is 3.70. The Bertz CT molecular complexity index is 617. The lowest BCUT2D eigenvalue weighted by Gasteiger charge is -2.22. The van der Waals surface area contributed by atoms with Crippen molar-refractivity contribution >= 4 is 11.6 Å². The Balaban J connectivity index is 2.01. The van der Waals surface area contributed by atoms with Gasteiger partial charge in [-0.2, -0.15) is 0 Å². The molecule has 0 radical (unpaired) electrons. The second-order valence-electron chi connectivity index (χ2n) is 4.88. The van der Waals surface area contributed by atoms with Crippen LogP contribution in [0.2, 0.25) is 0 Å². The first-order valence-electron chi connectivity index (χ1n) is 6.62. The molecule has 4 nitrogen and oxygen atoms in total. The van der Waals surface area contributed by atoms with Gasteiger partial charge in [0.1, 0.15) is 5.82 Å². The number of nitrogens with one attached hydrogen (secondary N) is 1. The van der Waals surface area contributed by atoms with E-state index in [0.717, 1.165) is 30.0 Å². The van der Waals surface area contributed by atoms with E-state index in [-0.39, 0.29) is 11.9 Å². The Kier molecular flexibility index (Phi) is 2.85. The number of aromatic amines is 1. The van der Waals surface area contributed by atoms with Gasteiger partial charge >= 0.3 is 0 Å². The number of nitrogens with zero attached hydrogens (tertiary/aromatic N) is 2. The Labute approximate surface area is 112 Å². The molecule has 19 heavy (non-hydrogen) atoms. The highest BCUT2D eigenvalue weighted by molar-refractivity contribution is 5.94. The molecule has 2 aromatic rings. The van der Waals surface area contributed by atoms with Crippen LogP contribution < -0.4 is 4.90 Å². The number of H-pyrrole nitrogens is 1. The molecule has 0 saturated carbocycles. The summed E-state index contributed by atoms with van der Waals surface area (Å²) in [6.07, 6.45) is 3.61. The summed E-state index contributed by atoms with van der Waals surface area (Å²) in [6, 6.07) is 8.06. The van der Waals surface area contributed by atoms with Crippen LogP contribution in [0.15, 0.2) is 30.5 Å². The molecule has 0 unspecified atom stereocenters. The van der Waals surface area contributed by atoms with Crippen molar-refractivity contribution in [1.29, 1.82) is 0 Å². The lowest BCUT2D eigenvalue weighted by molar-refractivity contribution is -0.117. The lowest BCUT2D eigenvalue weighted by Crippen LogP contribution is -2.30. The van der Waals surface area contributed by atoms with Crippen LogP contribution in [0.5, 0.6) is 0 Å². The van der Waals surface area contributed by atoms with Gasteiger partial charge in [-0.25, -0.2) is 4.98 Å². The minimum atomic E-state index is -0.00444. The molecule has 3 rings (SSSR count). The van der Waals surface area contributed by atoms with E-state index in [9.17, 15) is 4.79 Å². The Morgan fingerprint density at radius 2 is 2.26 bits per heavy atom. The monoisotopic (exact) mass is 255 g/mol. The highest BCUT2D eigenvalue weighted by Crippen LogP contribution is 2.39. The molecule has 0 aliphatic carbocycles. The fourth-order valence-electron chi connectivity index (χ4n) is 2.72. The maximum absolute atomic E-state index is 12.0. The number of hydrogen-bond donors (Lipinski definition) is 1. The lowest BCUT2D eigenvalue weighted by atomic mass is 10.1. The van der Waals surface area contributed by atoms with Crippen molar-refractivity contribution in [3.63, 3.8) is 0 Å². The summed E-state index contributed by atoms with van der Waals surface area (Å²) in [5.74, 6) is 0.938. The molecular formula is C15H17N3O. The van der Waals surface area contributed by atoms with E-state index < -0.39 is 0 Å². The molecule has 0 saturated heterocycles. The van der Waals surface area contributed by atoms with E-state index in [1.807, 2.05) is 29.3 Å². The zero-order valence-corrected chi connectivity index (χ0v) is 11.2. The van der Waals surface area contributed by atoms with Crippen molar-refractivity contribution in [2.45, 2.75) is 32.7 Å². The predicted molar refractivity (Wildman–Crippen MR) is 74.0 cm³/mol. The minimum Gasteiger partial charge on any atom is -0.344 e. The third-order valence-corrected chi connectivity index (χ3v) is 3.66. The predicted octanol–water partition coefficient (Wildman–Crippen LogP) is 2.62. The number of imidazole rings is 1. The van der Waals surface area contributed by atoms with Crippen LogP contribution in [0.25, 0.3) is 0 Å². The van der Waals surface area contributed by atoms with Gasteiger partial charge in [0.05, 0.1) is 6.04 Å². The number of hydrogen-bond acceptors (Lipinski definition) is 2. The first-order valence-corrected chi connectivity index (χ1v) is 6.62. The molecule has 0 bridgehead atoms. The van der Waals surface area contributed by atoms with Crippen molar-refractivity contribution < 1.29 is 4.79 Å². The van der Waals surface area contributed by atoms with Gasteiger partial charge in [0.25, 0.3) is 0 Å². The average Bonchev–Trinajstić information content (AvgIpc) is 3.02. The maximum Gasteiger partial charge on any atom is 0.224 e. The molecule has 4 heteroatoms. The number of para-hydroxylation sites is 1. The second kappa shape index (κ2) is 4.53. The quantitative estimate of drug-likeness (QED) is 0.896. The first-order chi connectivity index (χ1) is 9.20. The van der Waals surface area contributed by atoms with Gasteiger partial charge in [-0.15, -0.1) is 0 Å². The number of carbonyl (C=O) groups excluding carboxylic acids is 1. The van der Waals surface area contributed by atoms with Crippen LogP contribution >= 0.6 is 0 Å². The summed E-state index contributed by atoms with van der Waals surface area (Å²) in [5, 5.41) is 0. The fraction of sp³-hybridized carbons (Fsp3) is 0.333. The third-order valence-electron chi connectivity index (χ3n) is 3.66. The summed E-state index contributed by atoms with van der Waals surface area (Å²) in [4.78, 5) is 21.5. The third kappa shape index (κ3) is 1.93. The molecule has 1 aromatic carbocycles. The summed E-state index contributed by atoms with van der Waals surface area (Å²) < 4.78 is 0. The molecule has 98 valence electrons. The number of amides is 1. The van der Waals surface area contributed by atoms with Gasteiger partial charge in [-0.3, -0.25) is 4.79 Å². The van der Waals surface area contributed by atoms with E-state index >= 15 is 0 Å². The topological polar surface area (TPSA) is 49.0 Å². The van der Waals surface area contributed by atoms with Crippen molar-refractivity contribution in [3.05, 3.63) is 47.5 Å². The first kappa shape index (κ1) is 12.0. The van der Waals surface area contributed by atoms with Crippen LogP contribution in [0.1, 0.15) is 37.0 Å². The maximum atomic E-state index is 12.0. The summed E-state index contributed by atoms with van der Waals surface area (Å²) >= 11 is 0. The molecule has 1 aromatic heterocycles. The van der Waals surface area contributed by atoms with Gasteiger partial charge in [-0.1, -0.05) is 25.1 Å². The molecule has 1 atom stereocenters. The van der Waals surface area contributed by atoms with Gasteiger partial charge in [0.2, 0.25) is 5.91 Å². The Morgan fingerprint density at radius 1 is 1.47 bits per heavy atom. The average molecular weight is 255 g/mol. The number of aromatic nitrogens is 2. The highest BCUT2D eigenvalue weighted by atomic mass is 16.2. The standard InChI is InChI=1S/C15H17N3O/c1-3-12-9-16-15(17-12)14-8-11-6-4-5-7-13(11)18(14)10(2)19/h4-7,9,14H,3,8H2,1-2H3,(H,16,17)/t14-/m1/s1. The van der Waals surface area contributed by atoms with Crippen molar-refractivity contribution in [1.82, 2.24) is 9.97 Å². The number of aryl methyl sites for hydroxylation is 1. The van der Waals surface area contributed by atoms with Crippen molar-refractivity contribution in [2.75, 3.05) is 4.90 Å². The number of anilines is 1. The molecule has 1 aliphatic rings. The van der Waals surface area contributed by atoms with E-state index in [1.165, 1.54) is 5.56 Å². The van der Waals surface area contributed by atoms with Gasteiger partial charge in [0.15, 0.2) is 0 Å². The molecule has 1 amide bonds. The zero-order valence-electron chi connectivity index (χ0n) is 11.2. The molecular weight excluding hydrogens is 238 g/mol. The van der Waals surface area contributed by atoms with Crippen LogP contribution in [0.4, 0.5) is 5.69 Å². The Morgan fingerprint density at radius 3 is 2.95 bits per heavy atom. The Hall–Kier alpha value is -2.10. The number of fused-ring (bicyclic) bond motifs is 1. The molecule has 2 heterocycles. The smallest absolute Gasteiger partial charge is 0.224 e.